The third-order valence-electron chi connectivity index (χ3n) is 6.38. The molecule has 1 aliphatic heterocycles. The molecule has 212 valence electrons. The van der Waals surface area contributed by atoms with Crippen LogP contribution in [-0.4, -0.2) is 104 Å². The number of esters is 1. The van der Waals surface area contributed by atoms with Crippen LogP contribution in [0.15, 0.2) is 30.3 Å². The highest BCUT2D eigenvalue weighted by molar-refractivity contribution is 5.98. The first-order valence-electron chi connectivity index (χ1n) is 12.4. The summed E-state index contributed by atoms with van der Waals surface area (Å²) in [6, 6.07) is 6.87. The van der Waals surface area contributed by atoms with Gasteiger partial charge in [-0.2, -0.15) is 0 Å². The van der Waals surface area contributed by atoms with E-state index in [1.54, 1.807) is 35.2 Å². The molecule has 2 aromatic rings. The number of carbonyl (C=O) groups is 2. The second kappa shape index (κ2) is 14.1. The van der Waals surface area contributed by atoms with E-state index in [1.165, 1.54) is 48.7 Å². The van der Waals surface area contributed by atoms with Crippen molar-refractivity contribution in [1.82, 2.24) is 9.80 Å². The van der Waals surface area contributed by atoms with Crippen LogP contribution < -0.4 is 28.4 Å². The number of methoxy groups -OCH3 is 6. The molecule has 39 heavy (non-hydrogen) atoms. The van der Waals surface area contributed by atoms with Crippen molar-refractivity contribution in [2.45, 2.75) is 0 Å². The Bertz CT molecular complexity index is 1170. The summed E-state index contributed by atoms with van der Waals surface area (Å²) in [6.07, 6.45) is 2.95. The van der Waals surface area contributed by atoms with Gasteiger partial charge in [0.05, 0.1) is 48.2 Å². The van der Waals surface area contributed by atoms with Gasteiger partial charge in [-0.25, -0.2) is 4.79 Å². The Balaban J connectivity index is 1.50. The lowest BCUT2D eigenvalue weighted by molar-refractivity contribution is -0.138. The maximum absolute atomic E-state index is 13.2. The third kappa shape index (κ3) is 6.85. The Morgan fingerprint density at radius 1 is 0.718 bits per heavy atom. The van der Waals surface area contributed by atoms with Crippen LogP contribution >= 0.6 is 0 Å². The van der Waals surface area contributed by atoms with Crippen molar-refractivity contribution >= 4 is 18.0 Å². The lowest BCUT2D eigenvalue weighted by atomic mass is 10.1. The van der Waals surface area contributed by atoms with Gasteiger partial charge in [0.25, 0.3) is 5.91 Å². The molecule has 0 aromatic heterocycles. The molecule has 3 rings (SSSR count). The normalized spacial score (nSPS) is 13.6. The highest BCUT2D eigenvalue weighted by Crippen LogP contribution is 2.41. The largest absolute Gasteiger partial charge is 0.493 e. The summed E-state index contributed by atoms with van der Waals surface area (Å²) in [7, 11) is 9.10. The molecule has 0 atom stereocenters. The molecule has 1 aliphatic rings. The predicted octanol–water partition coefficient (Wildman–Crippen LogP) is 2.75. The third-order valence-corrected chi connectivity index (χ3v) is 6.38. The Labute approximate surface area is 228 Å². The number of benzene rings is 2. The average Bonchev–Trinajstić information content (AvgIpc) is 2.98. The van der Waals surface area contributed by atoms with Crippen LogP contribution in [0.25, 0.3) is 6.08 Å². The van der Waals surface area contributed by atoms with E-state index >= 15 is 0 Å². The van der Waals surface area contributed by atoms with Crippen molar-refractivity contribution in [2.75, 3.05) is 82.0 Å². The van der Waals surface area contributed by atoms with E-state index in [9.17, 15) is 9.59 Å². The Morgan fingerprint density at radius 2 is 1.28 bits per heavy atom. The van der Waals surface area contributed by atoms with Gasteiger partial charge in [0, 0.05) is 44.4 Å². The first-order valence-corrected chi connectivity index (χ1v) is 12.4. The van der Waals surface area contributed by atoms with Crippen molar-refractivity contribution in [3.63, 3.8) is 0 Å². The topological polar surface area (TPSA) is 105 Å². The van der Waals surface area contributed by atoms with Crippen LogP contribution in [-0.2, 0) is 9.53 Å². The number of hydrogen-bond donors (Lipinski definition) is 0. The van der Waals surface area contributed by atoms with E-state index in [0.717, 1.165) is 0 Å². The van der Waals surface area contributed by atoms with Crippen LogP contribution in [0.4, 0.5) is 0 Å². The monoisotopic (exact) mass is 544 g/mol. The highest BCUT2D eigenvalue weighted by atomic mass is 16.5. The summed E-state index contributed by atoms with van der Waals surface area (Å²) in [5.41, 5.74) is 1.06. The van der Waals surface area contributed by atoms with Gasteiger partial charge in [0.2, 0.25) is 11.5 Å². The van der Waals surface area contributed by atoms with Gasteiger partial charge in [-0.3, -0.25) is 9.69 Å². The first kappa shape index (κ1) is 29.4. The molecule has 1 fully saturated rings. The van der Waals surface area contributed by atoms with E-state index < -0.39 is 5.97 Å². The van der Waals surface area contributed by atoms with Crippen LogP contribution in [0.2, 0.25) is 0 Å². The fourth-order valence-corrected chi connectivity index (χ4v) is 4.35. The van der Waals surface area contributed by atoms with Gasteiger partial charge in [0.15, 0.2) is 23.0 Å². The van der Waals surface area contributed by atoms with E-state index in [1.807, 2.05) is 0 Å². The molecule has 11 heteroatoms. The van der Waals surface area contributed by atoms with Crippen molar-refractivity contribution < 1.29 is 42.7 Å². The molecular weight excluding hydrogens is 508 g/mol. The van der Waals surface area contributed by atoms with E-state index in [4.69, 9.17) is 33.2 Å². The second-order valence-corrected chi connectivity index (χ2v) is 8.44. The van der Waals surface area contributed by atoms with Crippen LogP contribution in [0.3, 0.4) is 0 Å². The number of ether oxygens (including phenoxy) is 7. The summed E-state index contributed by atoms with van der Waals surface area (Å²) >= 11 is 0. The Morgan fingerprint density at radius 3 is 1.85 bits per heavy atom. The van der Waals surface area contributed by atoms with Crippen LogP contribution in [0, 0.1) is 0 Å². The zero-order valence-electron chi connectivity index (χ0n) is 23.3. The number of amides is 1. The molecule has 1 heterocycles. The molecule has 2 aromatic carbocycles. The average molecular weight is 545 g/mol. The zero-order chi connectivity index (χ0) is 28.4. The fourth-order valence-electron chi connectivity index (χ4n) is 4.35. The summed E-state index contributed by atoms with van der Waals surface area (Å²) in [5.74, 6) is 2.02. The quantitative estimate of drug-likeness (QED) is 0.293. The van der Waals surface area contributed by atoms with Crippen LogP contribution in [0.1, 0.15) is 15.9 Å². The molecule has 0 N–H and O–H groups in total. The molecular formula is C28H36N2O9. The standard InChI is InChI=1S/C28H36N2O9/c1-33-21-10-7-19(24(35-3)26(21)37-5)8-12-23(31)39-18-17-29-13-15-30(16-14-29)28(32)20-9-11-22(34-2)27(38-6)25(20)36-4/h7-12H,13-18H2,1-6H3/b12-8+. The van der Waals surface area contributed by atoms with Crippen molar-refractivity contribution in [2.24, 2.45) is 0 Å². The van der Waals surface area contributed by atoms with Gasteiger partial charge < -0.3 is 38.1 Å². The van der Waals surface area contributed by atoms with Crippen molar-refractivity contribution in [3.8, 4) is 34.5 Å². The molecule has 0 unspecified atom stereocenters. The maximum atomic E-state index is 13.2. The molecule has 0 bridgehead atoms. The summed E-state index contributed by atoms with van der Waals surface area (Å²) in [6.45, 7) is 3.15. The van der Waals surface area contributed by atoms with Gasteiger partial charge in [-0.05, 0) is 30.3 Å². The highest BCUT2D eigenvalue weighted by Gasteiger charge is 2.27. The number of hydrogen-bond acceptors (Lipinski definition) is 10. The minimum absolute atomic E-state index is 0.144. The van der Waals surface area contributed by atoms with E-state index in [2.05, 4.69) is 4.90 Å². The van der Waals surface area contributed by atoms with Gasteiger partial charge in [0.1, 0.15) is 6.61 Å². The predicted molar refractivity (Wildman–Crippen MR) is 145 cm³/mol. The number of carbonyl (C=O) groups excluding carboxylic acids is 2. The second-order valence-electron chi connectivity index (χ2n) is 8.44. The van der Waals surface area contributed by atoms with Crippen molar-refractivity contribution in [3.05, 3.63) is 41.5 Å². The summed E-state index contributed by atoms with van der Waals surface area (Å²) < 4.78 is 37.6. The fraction of sp³-hybridized carbons (Fsp3) is 0.429. The maximum Gasteiger partial charge on any atom is 0.330 e. The lowest BCUT2D eigenvalue weighted by Crippen LogP contribution is -2.49. The number of nitrogens with zero attached hydrogens (tertiary/aromatic N) is 2. The summed E-state index contributed by atoms with van der Waals surface area (Å²) in [5, 5.41) is 0. The molecule has 0 spiro atoms. The van der Waals surface area contributed by atoms with Crippen molar-refractivity contribution in [1.29, 1.82) is 0 Å². The number of piperazine rings is 1. The Kier molecular flexibility index (Phi) is 10.7. The zero-order valence-corrected chi connectivity index (χ0v) is 23.3. The molecule has 0 radical (unpaired) electrons. The van der Waals surface area contributed by atoms with Crippen LogP contribution in [0.5, 0.6) is 34.5 Å². The number of rotatable bonds is 12. The molecule has 1 saturated heterocycles. The lowest BCUT2D eigenvalue weighted by Gasteiger charge is -2.34. The van der Waals surface area contributed by atoms with Gasteiger partial charge in [-0.15, -0.1) is 0 Å². The van der Waals surface area contributed by atoms with E-state index in [0.29, 0.717) is 78.3 Å². The smallest absolute Gasteiger partial charge is 0.330 e. The van der Waals surface area contributed by atoms with Gasteiger partial charge >= 0.3 is 5.97 Å². The molecule has 11 nitrogen and oxygen atoms in total. The SMILES string of the molecule is COc1ccc(/C=C/C(=O)OCCN2CCN(C(=O)c3ccc(OC)c(OC)c3OC)CC2)c(OC)c1OC. The van der Waals surface area contributed by atoms with Gasteiger partial charge in [-0.1, -0.05) is 0 Å². The minimum Gasteiger partial charge on any atom is -0.493 e. The first-order chi connectivity index (χ1) is 18.9. The summed E-state index contributed by atoms with van der Waals surface area (Å²) in [4.78, 5) is 29.4. The molecule has 0 saturated carbocycles. The Hall–Kier alpha value is -4.12. The van der Waals surface area contributed by atoms with E-state index in [-0.39, 0.29) is 12.5 Å². The molecule has 1 amide bonds. The minimum atomic E-state index is -0.471. The molecule has 0 aliphatic carbocycles.